The summed E-state index contributed by atoms with van der Waals surface area (Å²) >= 11 is 0. The molecule has 20 heavy (non-hydrogen) atoms. The van der Waals surface area contributed by atoms with Gasteiger partial charge in [0.15, 0.2) is 0 Å². The molecule has 0 spiro atoms. The van der Waals surface area contributed by atoms with Crippen LogP contribution in [0.3, 0.4) is 0 Å². The molecule has 1 fully saturated rings. The van der Waals surface area contributed by atoms with Crippen molar-refractivity contribution in [3.8, 4) is 0 Å². The van der Waals surface area contributed by atoms with Gasteiger partial charge in [-0.2, -0.15) is 0 Å². The van der Waals surface area contributed by atoms with Gasteiger partial charge >= 0.3 is 5.97 Å². The zero-order valence-electron chi connectivity index (χ0n) is 11.5. The highest BCUT2D eigenvalue weighted by atomic mass is 16.4. The van der Waals surface area contributed by atoms with Crippen LogP contribution in [0, 0.1) is 5.92 Å². The molecule has 1 saturated heterocycles. The van der Waals surface area contributed by atoms with Crippen LogP contribution in [-0.2, 0) is 11.3 Å². The van der Waals surface area contributed by atoms with Crippen molar-refractivity contribution in [1.29, 1.82) is 0 Å². The normalized spacial score (nSPS) is 17.6. The molecule has 1 aliphatic rings. The van der Waals surface area contributed by atoms with E-state index in [0.717, 1.165) is 43.6 Å². The number of benzene rings is 1. The van der Waals surface area contributed by atoms with Crippen LogP contribution in [0.1, 0.15) is 24.0 Å². The highest BCUT2D eigenvalue weighted by Gasteiger charge is 2.18. The average Bonchev–Trinajstić information content (AvgIpc) is 2.47. The maximum atomic E-state index is 10.6. The van der Waals surface area contributed by atoms with Crippen LogP contribution < -0.4 is 0 Å². The lowest BCUT2D eigenvalue weighted by atomic mass is 9.97. The number of aliphatic hydroxyl groups excluding tert-OH is 1. The molecule has 0 amide bonds. The van der Waals surface area contributed by atoms with E-state index in [1.54, 1.807) is 6.08 Å². The predicted molar refractivity (Wildman–Crippen MR) is 78.2 cm³/mol. The number of carboxylic acids is 1. The van der Waals surface area contributed by atoms with Gasteiger partial charge in [0.05, 0.1) is 0 Å². The molecular weight excluding hydrogens is 254 g/mol. The molecule has 4 nitrogen and oxygen atoms in total. The third-order valence-corrected chi connectivity index (χ3v) is 3.82. The molecule has 0 aliphatic carbocycles. The minimum atomic E-state index is -0.927. The summed E-state index contributed by atoms with van der Waals surface area (Å²) in [4.78, 5) is 13.0. The first-order valence-electron chi connectivity index (χ1n) is 7.01. The number of aliphatic carboxylic acids is 1. The highest BCUT2D eigenvalue weighted by Crippen LogP contribution is 2.20. The van der Waals surface area contributed by atoms with E-state index in [2.05, 4.69) is 4.90 Å². The van der Waals surface area contributed by atoms with Gasteiger partial charge in [0.1, 0.15) is 0 Å². The van der Waals surface area contributed by atoms with E-state index in [-0.39, 0.29) is 6.61 Å². The van der Waals surface area contributed by atoms with Gasteiger partial charge in [-0.05, 0) is 49.1 Å². The third-order valence-electron chi connectivity index (χ3n) is 3.82. The van der Waals surface area contributed by atoms with E-state index in [1.807, 2.05) is 24.3 Å². The topological polar surface area (TPSA) is 60.8 Å². The zero-order valence-corrected chi connectivity index (χ0v) is 11.5. The summed E-state index contributed by atoms with van der Waals surface area (Å²) in [6.45, 7) is 3.09. The van der Waals surface area contributed by atoms with Crippen LogP contribution in [0.5, 0.6) is 0 Å². The fourth-order valence-corrected chi connectivity index (χ4v) is 2.57. The minimum absolute atomic E-state index is 0.284. The highest BCUT2D eigenvalue weighted by molar-refractivity contribution is 5.85. The van der Waals surface area contributed by atoms with E-state index in [9.17, 15) is 4.79 Å². The summed E-state index contributed by atoms with van der Waals surface area (Å²) in [5.74, 6) is -0.489. The molecular formula is C16H21NO3. The number of carbonyl (C=O) groups is 1. The van der Waals surface area contributed by atoms with E-state index < -0.39 is 5.97 Å². The molecule has 1 heterocycles. The van der Waals surface area contributed by atoms with Crippen LogP contribution in [0.25, 0.3) is 6.08 Å². The van der Waals surface area contributed by atoms with Crippen molar-refractivity contribution in [2.75, 3.05) is 19.7 Å². The van der Waals surface area contributed by atoms with Crippen molar-refractivity contribution in [3.05, 3.63) is 41.5 Å². The minimum Gasteiger partial charge on any atom is -0.478 e. The molecule has 0 radical (unpaired) electrons. The molecule has 108 valence electrons. The van der Waals surface area contributed by atoms with Gasteiger partial charge in [-0.1, -0.05) is 24.3 Å². The van der Waals surface area contributed by atoms with Crippen molar-refractivity contribution < 1.29 is 15.0 Å². The lowest BCUT2D eigenvalue weighted by molar-refractivity contribution is -0.131. The Bertz CT molecular complexity index is 476. The lowest BCUT2D eigenvalue weighted by Gasteiger charge is -2.31. The van der Waals surface area contributed by atoms with Crippen molar-refractivity contribution in [2.24, 2.45) is 5.92 Å². The van der Waals surface area contributed by atoms with Gasteiger partial charge in [-0.3, -0.25) is 4.90 Å². The molecule has 1 aromatic rings. The Labute approximate surface area is 119 Å². The second-order valence-corrected chi connectivity index (χ2v) is 5.27. The third kappa shape index (κ3) is 4.18. The van der Waals surface area contributed by atoms with Crippen LogP contribution in [0.2, 0.25) is 0 Å². The zero-order chi connectivity index (χ0) is 14.4. The van der Waals surface area contributed by atoms with E-state index in [4.69, 9.17) is 10.2 Å². The summed E-state index contributed by atoms with van der Waals surface area (Å²) in [6, 6.07) is 7.88. The Kier molecular flexibility index (Phi) is 5.32. The Balaban J connectivity index is 2.01. The largest absolute Gasteiger partial charge is 0.478 e. The maximum absolute atomic E-state index is 10.6. The van der Waals surface area contributed by atoms with Crippen molar-refractivity contribution in [3.63, 3.8) is 0 Å². The van der Waals surface area contributed by atoms with Crippen LogP contribution >= 0.6 is 0 Å². The molecule has 1 aromatic carbocycles. The second kappa shape index (κ2) is 7.22. The van der Waals surface area contributed by atoms with Crippen LogP contribution in [-0.4, -0.2) is 40.8 Å². The Morgan fingerprint density at radius 1 is 1.30 bits per heavy atom. The first kappa shape index (κ1) is 14.8. The van der Waals surface area contributed by atoms with Crippen molar-refractivity contribution in [1.82, 2.24) is 4.90 Å². The fraction of sp³-hybridized carbons (Fsp3) is 0.438. The summed E-state index contributed by atoms with van der Waals surface area (Å²) in [7, 11) is 0. The molecule has 0 bridgehead atoms. The lowest BCUT2D eigenvalue weighted by Crippen LogP contribution is -2.34. The molecule has 0 atom stereocenters. The molecule has 2 N–H and O–H groups in total. The van der Waals surface area contributed by atoms with Gasteiger partial charge in [0, 0.05) is 19.2 Å². The SMILES string of the molecule is O=C(O)C=Cc1ccccc1CN1CCC(CO)CC1. The molecule has 2 rings (SSSR count). The maximum Gasteiger partial charge on any atom is 0.328 e. The van der Waals surface area contributed by atoms with Crippen LogP contribution in [0.15, 0.2) is 30.3 Å². The number of likely N-dealkylation sites (tertiary alicyclic amines) is 1. The summed E-state index contributed by atoms with van der Waals surface area (Å²) in [5, 5.41) is 17.9. The van der Waals surface area contributed by atoms with E-state index in [0.29, 0.717) is 5.92 Å². The summed E-state index contributed by atoms with van der Waals surface area (Å²) in [5.41, 5.74) is 2.10. The Morgan fingerprint density at radius 2 is 2.00 bits per heavy atom. The van der Waals surface area contributed by atoms with Gasteiger partial charge in [0.25, 0.3) is 0 Å². The smallest absolute Gasteiger partial charge is 0.328 e. The second-order valence-electron chi connectivity index (χ2n) is 5.27. The van der Waals surface area contributed by atoms with E-state index >= 15 is 0 Å². The molecule has 1 aliphatic heterocycles. The van der Waals surface area contributed by atoms with Gasteiger partial charge in [0.2, 0.25) is 0 Å². The number of hydrogen-bond acceptors (Lipinski definition) is 3. The van der Waals surface area contributed by atoms with Crippen molar-refractivity contribution in [2.45, 2.75) is 19.4 Å². The molecule has 0 unspecified atom stereocenters. The number of nitrogens with zero attached hydrogens (tertiary/aromatic N) is 1. The first-order chi connectivity index (χ1) is 9.69. The van der Waals surface area contributed by atoms with E-state index in [1.165, 1.54) is 6.08 Å². The standard InChI is InChI=1S/C16H21NO3/c18-12-13-7-9-17(10-8-13)11-15-4-2-1-3-14(15)5-6-16(19)20/h1-6,13,18H,7-12H2,(H,19,20). The Morgan fingerprint density at radius 3 is 2.65 bits per heavy atom. The fourth-order valence-electron chi connectivity index (χ4n) is 2.57. The predicted octanol–water partition coefficient (Wildman–Crippen LogP) is 1.99. The molecule has 0 saturated carbocycles. The summed E-state index contributed by atoms with van der Waals surface area (Å²) < 4.78 is 0. The van der Waals surface area contributed by atoms with Crippen molar-refractivity contribution >= 4 is 12.0 Å². The monoisotopic (exact) mass is 275 g/mol. The van der Waals surface area contributed by atoms with Gasteiger partial charge in [-0.25, -0.2) is 4.79 Å². The number of rotatable bonds is 5. The molecule has 0 aromatic heterocycles. The van der Waals surface area contributed by atoms with Gasteiger partial charge < -0.3 is 10.2 Å². The number of piperidine rings is 1. The molecule has 4 heteroatoms. The van der Waals surface area contributed by atoms with Crippen LogP contribution in [0.4, 0.5) is 0 Å². The van der Waals surface area contributed by atoms with Gasteiger partial charge in [-0.15, -0.1) is 0 Å². The number of hydrogen-bond donors (Lipinski definition) is 2. The number of aliphatic hydroxyl groups is 1. The summed E-state index contributed by atoms with van der Waals surface area (Å²) in [6.07, 6.45) is 4.89. The first-order valence-corrected chi connectivity index (χ1v) is 7.01. The quantitative estimate of drug-likeness (QED) is 0.807. The Hall–Kier alpha value is -1.65. The average molecular weight is 275 g/mol. The number of carboxylic acid groups (broad SMARTS) is 1.